The van der Waals surface area contributed by atoms with Crippen LogP contribution in [0.4, 0.5) is 0 Å². The van der Waals surface area contributed by atoms with Gasteiger partial charge < -0.3 is 5.73 Å². The molecule has 0 bridgehead atoms. The molecule has 0 saturated heterocycles. The summed E-state index contributed by atoms with van der Waals surface area (Å²) in [5, 5.41) is 4.05. The van der Waals surface area contributed by atoms with Gasteiger partial charge in [-0.15, -0.1) is 0 Å². The molecule has 15 heavy (non-hydrogen) atoms. The van der Waals surface area contributed by atoms with E-state index in [1.54, 1.807) is 6.21 Å². The second-order valence-electron chi connectivity index (χ2n) is 3.56. The highest BCUT2D eigenvalue weighted by Crippen LogP contribution is 2.13. The van der Waals surface area contributed by atoms with Crippen molar-refractivity contribution in [2.24, 2.45) is 10.8 Å². The molecular formula is C11H15N3S. The Morgan fingerprint density at radius 3 is 2.47 bits per heavy atom. The van der Waals surface area contributed by atoms with Crippen molar-refractivity contribution in [1.82, 2.24) is 5.43 Å². The summed E-state index contributed by atoms with van der Waals surface area (Å²) in [6.45, 7) is 4.33. The lowest BCUT2D eigenvalue weighted by Crippen LogP contribution is -2.23. The molecule has 80 valence electrons. The fourth-order valence-electron chi connectivity index (χ4n) is 1.14. The number of rotatable bonds is 3. The van der Waals surface area contributed by atoms with Gasteiger partial charge in [0.1, 0.15) is 0 Å². The van der Waals surface area contributed by atoms with Crippen LogP contribution in [0.2, 0.25) is 0 Å². The number of thiocarbonyl (C=S) groups is 1. The predicted octanol–water partition coefficient (Wildman–Crippen LogP) is 1.98. The number of hydrogen-bond acceptors (Lipinski definition) is 2. The van der Waals surface area contributed by atoms with Gasteiger partial charge in [0.2, 0.25) is 0 Å². The van der Waals surface area contributed by atoms with Crippen LogP contribution in [0.15, 0.2) is 29.4 Å². The van der Waals surface area contributed by atoms with E-state index < -0.39 is 0 Å². The normalized spacial score (nSPS) is 10.9. The van der Waals surface area contributed by atoms with Gasteiger partial charge in [-0.05, 0) is 29.3 Å². The summed E-state index contributed by atoms with van der Waals surface area (Å²) in [6.07, 6.45) is 1.68. The van der Waals surface area contributed by atoms with Crippen molar-refractivity contribution in [3.8, 4) is 0 Å². The zero-order valence-electron chi connectivity index (χ0n) is 8.90. The Labute approximate surface area is 95.4 Å². The first kappa shape index (κ1) is 11.7. The molecule has 0 amide bonds. The molecule has 4 heteroatoms. The van der Waals surface area contributed by atoms with E-state index in [-0.39, 0.29) is 5.11 Å². The summed E-state index contributed by atoms with van der Waals surface area (Å²) in [4.78, 5) is 0. The molecule has 1 aromatic carbocycles. The Hall–Kier alpha value is -1.42. The quantitative estimate of drug-likeness (QED) is 0.466. The maximum absolute atomic E-state index is 5.23. The van der Waals surface area contributed by atoms with E-state index in [9.17, 15) is 0 Å². The van der Waals surface area contributed by atoms with Crippen molar-refractivity contribution < 1.29 is 0 Å². The highest BCUT2D eigenvalue weighted by molar-refractivity contribution is 7.80. The molecule has 0 aliphatic heterocycles. The van der Waals surface area contributed by atoms with Crippen molar-refractivity contribution in [3.05, 3.63) is 35.4 Å². The second-order valence-corrected chi connectivity index (χ2v) is 4.00. The van der Waals surface area contributed by atoms with Gasteiger partial charge in [-0.3, -0.25) is 5.43 Å². The fourth-order valence-corrected chi connectivity index (χ4v) is 1.19. The molecule has 0 aliphatic rings. The zero-order chi connectivity index (χ0) is 11.3. The number of hydrogen-bond donors (Lipinski definition) is 2. The number of benzene rings is 1. The topological polar surface area (TPSA) is 50.4 Å². The molecule has 0 atom stereocenters. The van der Waals surface area contributed by atoms with Gasteiger partial charge in [0.05, 0.1) is 6.21 Å². The van der Waals surface area contributed by atoms with Crippen molar-refractivity contribution in [2.45, 2.75) is 19.8 Å². The minimum absolute atomic E-state index is 0.171. The van der Waals surface area contributed by atoms with Crippen LogP contribution in [0.25, 0.3) is 0 Å². The fraction of sp³-hybridized carbons (Fsp3) is 0.273. The second kappa shape index (κ2) is 5.46. The molecule has 0 radical (unpaired) electrons. The molecule has 1 rings (SSSR count). The van der Waals surface area contributed by atoms with Crippen LogP contribution in [-0.2, 0) is 0 Å². The minimum atomic E-state index is 0.171. The predicted molar refractivity (Wildman–Crippen MR) is 68.0 cm³/mol. The lowest BCUT2D eigenvalue weighted by atomic mass is 10.0. The van der Waals surface area contributed by atoms with E-state index in [2.05, 4.69) is 48.7 Å². The van der Waals surface area contributed by atoms with Crippen molar-refractivity contribution in [3.63, 3.8) is 0 Å². The first-order valence-electron chi connectivity index (χ1n) is 4.78. The molecule has 0 aliphatic carbocycles. The lowest BCUT2D eigenvalue weighted by Gasteiger charge is -2.04. The SMILES string of the molecule is CC(C)c1ccc(/C=N\NC(N)=S)cc1. The molecule has 1 aromatic rings. The molecule has 0 fully saturated rings. The minimum Gasteiger partial charge on any atom is -0.375 e. The number of nitrogens with one attached hydrogen (secondary N) is 1. The van der Waals surface area contributed by atoms with Crippen LogP contribution < -0.4 is 11.2 Å². The van der Waals surface area contributed by atoms with E-state index in [0.717, 1.165) is 5.56 Å². The molecular weight excluding hydrogens is 206 g/mol. The molecule has 3 nitrogen and oxygen atoms in total. The van der Waals surface area contributed by atoms with E-state index in [4.69, 9.17) is 5.73 Å². The van der Waals surface area contributed by atoms with Crippen LogP contribution in [0.3, 0.4) is 0 Å². The number of nitrogens with zero attached hydrogens (tertiary/aromatic N) is 1. The summed E-state index contributed by atoms with van der Waals surface area (Å²) in [7, 11) is 0. The average molecular weight is 221 g/mol. The number of nitrogens with two attached hydrogens (primary N) is 1. The van der Waals surface area contributed by atoms with Crippen molar-refractivity contribution in [2.75, 3.05) is 0 Å². The van der Waals surface area contributed by atoms with E-state index >= 15 is 0 Å². The third-order valence-electron chi connectivity index (χ3n) is 1.99. The molecule has 0 saturated carbocycles. The Morgan fingerprint density at radius 2 is 2.00 bits per heavy atom. The van der Waals surface area contributed by atoms with Crippen LogP contribution >= 0.6 is 12.2 Å². The average Bonchev–Trinajstić information content (AvgIpc) is 2.18. The van der Waals surface area contributed by atoms with Gasteiger partial charge in [0, 0.05) is 0 Å². The highest BCUT2D eigenvalue weighted by Gasteiger charge is 1.97. The third-order valence-corrected chi connectivity index (χ3v) is 2.08. The summed E-state index contributed by atoms with van der Waals surface area (Å²) in [5.41, 5.74) is 10.1. The summed E-state index contributed by atoms with van der Waals surface area (Å²) >= 11 is 4.62. The van der Waals surface area contributed by atoms with Crippen LogP contribution in [-0.4, -0.2) is 11.3 Å². The Balaban J connectivity index is 2.64. The van der Waals surface area contributed by atoms with Gasteiger partial charge >= 0.3 is 0 Å². The summed E-state index contributed by atoms with van der Waals surface area (Å²) < 4.78 is 0. The van der Waals surface area contributed by atoms with Crippen molar-refractivity contribution >= 4 is 23.5 Å². The largest absolute Gasteiger partial charge is 0.375 e. The highest BCUT2D eigenvalue weighted by atomic mass is 32.1. The first-order chi connectivity index (χ1) is 7.09. The van der Waals surface area contributed by atoms with E-state index in [1.807, 2.05) is 12.1 Å². The Bertz CT molecular complexity index is 355. The standard InChI is InChI=1S/C11H15N3S/c1-8(2)10-5-3-9(4-6-10)7-13-14-11(12)15/h3-8H,1-2H3,(H3,12,14,15)/b13-7-. The van der Waals surface area contributed by atoms with E-state index in [1.165, 1.54) is 5.56 Å². The van der Waals surface area contributed by atoms with Crippen LogP contribution in [0, 0.1) is 0 Å². The lowest BCUT2D eigenvalue weighted by molar-refractivity contribution is 0.866. The number of hydrazone groups is 1. The Morgan fingerprint density at radius 1 is 1.40 bits per heavy atom. The Kier molecular flexibility index (Phi) is 4.24. The maximum atomic E-state index is 5.23. The molecule has 0 heterocycles. The van der Waals surface area contributed by atoms with Crippen LogP contribution in [0.5, 0.6) is 0 Å². The smallest absolute Gasteiger partial charge is 0.184 e. The van der Waals surface area contributed by atoms with Gasteiger partial charge in [-0.25, -0.2) is 0 Å². The van der Waals surface area contributed by atoms with Gasteiger partial charge in [0.15, 0.2) is 5.11 Å². The van der Waals surface area contributed by atoms with Crippen LogP contribution in [0.1, 0.15) is 30.9 Å². The van der Waals surface area contributed by atoms with E-state index in [0.29, 0.717) is 5.92 Å². The zero-order valence-corrected chi connectivity index (χ0v) is 9.71. The van der Waals surface area contributed by atoms with Gasteiger partial charge in [-0.2, -0.15) is 5.10 Å². The molecule has 0 spiro atoms. The summed E-state index contributed by atoms with van der Waals surface area (Å²) in [5.74, 6) is 0.547. The summed E-state index contributed by atoms with van der Waals surface area (Å²) in [6, 6.07) is 8.21. The van der Waals surface area contributed by atoms with Gasteiger partial charge in [-0.1, -0.05) is 38.1 Å². The van der Waals surface area contributed by atoms with Gasteiger partial charge in [0.25, 0.3) is 0 Å². The first-order valence-corrected chi connectivity index (χ1v) is 5.19. The maximum Gasteiger partial charge on any atom is 0.184 e. The van der Waals surface area contributed by atoms with Crippen molar-refractivity contribution in [1.29, 1.82) is 0 Å². The molecule has 0 aromatic heterocycles. The third kappa shape index (κ3) is 4.08. The monoisotopic (exact) mass is 221 g/mol. The molecule has 3 N–H and O–H groups in total. The molecule has 0 unspecified atom stereocenters.